The SMILES string of the molecule is CCOc1cc(/C=C(\C#N)C(=O)Nc2cc(C)ccc2C)cc(I)c1OCc1cc(C)cc(C)c1. The number of carbonyl (C=O) groups is 1. The van der Waals surface area contributed by atoms with E-state index in [-0.39, 0.29) is 5.57 Å². The summed E-state index contributed by atoms with van der Waals surface area (Å²) >= 11 is 2.19. The van der Waals surface area contributed by atoms with Crippen molar-refractivity contribution in [2.24, 2.45) is 0 Å². The Bertz CT molecular complexity index is 1300. The molecule has 5 nitrogen and oxygen atoms in total. The van der Waals surface area contributed by atoms with Crippen molar-refractivity contribution >= 4 is 40.3 Å². The second kappa shape index (κ2) is 11.9. The number of amides is 1. The van der Waals surface area contributed by atoms with Crippen LogP contribution in [0.3, 0.4) is 0 Å². The highest BCUT2D eigenvalue weighted by Gasteiger charge is 2.15. The maximum atomic E-state index is 12.8. The highest BCUT2D eigenvalue weighted by Crippen LogP contribution is 2.35. The van der Waals surface area contributed by atoms with Crippen LogP contribution in [-0.4, -0.2) is 12.5 Å². The number of halogens is 1. The molecule has 0 saturated carbocycles. The highest BCUT2D eigenvalue weighted by molar-refractivity contribution is 14.1. The lowest BCUT2D eigenvalue weighted by molar-refractivity contribution is -0.112. The average molecular weight is 580 g/mol. The zero-order valence-corrected chi connectivity index (χ0v) is 22.8. The van der Waals surface area contributed by atoms with Gasteiger partial charge in [-0.3, -0.25) is 4.79 Å². The average Bonchev–Trinajstić information content (AvgIpc) is 2.79. The van der Waals surface area contributed by atoms with Crippen LogP contribution >= 0.6 is 22.6 Å². The number of ether oxygens (including phenoxy) is 2. The summed E-state index contributed by atoms with van der Waals surface area (Å²) in [5, 5.41) is 12.5. The number of nitrogens with one attached hydrogen (secondary N) is 1. The Kier molecular flexibility index (Phi) is 8.94. The predicted molar refractivity (Wildman–Crippen MR) is 149 cm³/mol. The predicted octanol–water partition coefficient (Wildman–Crippen LogP) is 7.05. The van der Waals surface area contributed by atoms with Gasteiger partial charge in [-0.1, -0.05) is 41.5 Å². The van der Waals surface area contributed by atoms with Gasteiger partial charge in [0.15, 0.2) is 11.5 Å². The molecule has 0 unspecified atom stereocenters. The van der Waals surface area contributed by atoms with Crippen LogP contribution in [0.15, 0.2) is 54.1 Å². The molecule has 0 fully saturated rings. The van der Waals surface area contributed by atoms with E-state index in [1.54, 1.807) is 12.1 Å². The molecule has 1 amide bonds. The van der Waals surface area contributed by atoms with Crippen molar-refractivity contribution in [1.29, 1.82) is 5.26 Å². The van der Waals surface area contributed by atoms with Crippen molar-refractivity contribution in [3.05, 3.63) is 91.1 Å². The van der Waals surface area contributed by atoms with Crippen molar-refractivity contribution in [2.75, 3.05) is 11.9 Å². The Labute approximate surface area is 220 Å². The number of hydrogen-bond donors (Lipinski definition) is 1. The van der Waals surface area contributed by atoms with Crippen molar-refractivity contribution in [3.8, 4) is 17.6 Å². The molecule has 0 aromatic heterocycles. The molecule has 6 heteroatoms. The molecule has 180 valence electrons. The summed E-state index contributed by atoms with van der Waals surface area (Å²) in [6.07, 6.45) is 1.57. The van der Waals surface area contributed by atoms with E-state index in [0.29, 0.717) is 36.0 Å². The molecule has 0 bridgehead atoms. The standard InChI is InChI=1S/C29H29IN2O3/c1-6-34-27-15-22(13-24(16-31)29(33)32-26-12-18(2)7-8-21(26)5)14-25(30)28(27)35-17-23-10-19(3)9-20(4)11-23/h7-15H,6,17H2,1-5H3,(H,32,33)/b24-13+. The van der Waals surface area contributed by atoms with Crippen molar-refractivity contribution in [3.63, 3.8) is 0 Å². The van der Waals surface area contributed by atoms with E-state index < -0.39 is 5.91 Å². The van der Waals surface area contributed by atoms with E-state index in [2.05, 4.69) is 60.0 Å². The number of benzene rings is 3. The number of rotatable bonds is 8. The smallest absolute Gasteiger partial charge is 0.266 e. The fourth-order valence-corrected chi connectivity index (χ4v) is 4.54. The van der Waals surface area contributed by atoms with Crippen LogP contribution < -0.4 is 14.8 Å². The molecule has 0 radical (unpaired) electrons. The van der Waals surface area contributed by atoms with Crippen LogP contribution in [0.2, 0.25) is 0 Å². The molecule has 0 aliphatic heterocycles. The van der Waals surface area contributed by atoms with E-state index >= 15 is 0 Å². The molecular weight excluding hydrogens is 551 g/mol. The Balaban J connectivity index is 1.87. The van der Waals surface area contributed by atoms with Gasteiger partial charge in [0.25, 0.3) is 5.91 Å². The Hall–Kier alpha value is -3.31. The van der Waals surface area contributed by atoms with Gasteiger partial charge in [-0.2, -0.15) is 5.26 Å². The van der Waals surface area contributed by atoms with Gasteiger partial charge in [0, 0.05) is 5.69 Å². The number of nitriles is 1. The lowest BCUT2D eigenvalue weighted by Crippen LogP contribution is -2.14. The van der Waals surface area contributed by atoms with Gasteiger partial charge < -0.3 is 14.8 Å². The Morgan fingerprint density at radius 3 is 2.37 bits per heavy atom. The first-order valence-electron chi connectivity index (χ1n) is 11.4. The first-order valence-corrected chi connectivity index (χ1v) is 12.4. The van der Waals surface area contributed by atoms with Gasteiger partial charge in [-0.15, -0.1) is 0 Å². The Morgan fingerprint density at radius 1 is 1.00 bits per heavy atom. The number of aryl methyl sites for hydroxylation is 4. The molecule has 3 aromatic carbocycles. The van der Waals surface area contributed by atoms with Crippen LogP contribution in [0.1, 0.15) is 40.3 Å². The van der Waals surface area contributed by atoms with Crippen LogP contribution in [0, 0.1) is 42.6 Å². The van der Waals surface area contributed by atoms with Gasteiger partial charge in [-0.25, -0.2) is 0 Å². The number of carbonyl (C=O) groups excluding carboxylic acids is 1. The van der Waals surface area contributed by atoms with Gasteiger partial charge in [0.1, 0.15) is 18.2 Å². The molecule has 0 aliphatic carbocycles. The molecular formula is C29H29IN2O3. The van der Waals surface area contributed by atoms with E-state index in [1.165, 1.54) is 11.1 Å². The minimum atomic E-state index is -0.454. The van der Waals surface area contributed by atoms with E-state index in [4.69, 9.17) is 9.47 Å². The maximum Gasteiger partial charge on any atom is 0.266 e. The van der Waals surface area contributed by atoms with Crippen molar-refractivity contribution in [2.45, 2.75) is 41.2 Å². The van der Waals surface area contributed by atoms with Gasteiger partial charge in [0.05, 0.1) is 10.2 Å². The normalized spacial score (nSPS) is 11.1. The van der Waals surface area contributed by atoms with Crippen LogP contribution in [0.5, 0.6) is 11.5 Å². The first kappa shape index (κ1) is 26.3. The first-order chi connectivity index (χ1) is 16.7. The van der Waals surface area contributed by atoms with Gasteiger partial charge in [-0.05, 0) is 104 Å². The van der Waals surface area contributed by atoms with E-state index in [0.717, 1.165) is 20.3 Å². The van der Waals surface area contributed by atoms with Crippen LogP contribution in [-0.2, 0) is 11.4 Å². The van der Waals surface area contributed by atoms with Gasteiger partial charge in [0.2, 0.25) is 0 Å². The molecule has 35 heavy (non-hydrogen) atoms. The van der Waals surface area contributed by atoms with Gasteiger partial charge >= 0.3 is 0 Å². The van der Waals surface area contributed by atoms with Crippen molar-refractivity contribution in [1.82, 2.24) is 0 Å². The lowest BCUT2D eigenvalue weighted by Gasteiger charge is -2.15. The molecule has 3 rings (SSSR count). The van der Waals surface area contributed by atoms with E-state index in [9.17, 15) is 10.1 Å². The third kappa shape index (κ3) is 7.09. The molecule has 0 atom stereocenters. The molecule has 0 aliphatic rings. The monoisotopic (exact) mass is 580 g/mol. The maximum absolute atomic E-state index is 12.8. The molecule has 0 saturated heterocycles. The summed E-state index contributed by atoms with van der Waals surface area (Å²) in [5.74, 6) is 0.758. The summed E-state index contributed by atoms with van der Waals surface area (Å²) in [5.41, 5.74) is 6.80. The fourth-order valence-electron chi connectivity index (χ4n) is 3.76. The second-order valence-electron chi connectivity index (χ2n) is 8.49. The highest BCUT2D eigenvalue weighted by atomic mass is 127. The number of anilines is 1. The van der Waals surface area contributed by atoms with E-state index in [1.807, 2.05) is 51.1 Å². The minimum absolute atomic E-state index is 0.00746. The molecule has 1 N–H and O–H groups in total. The lowest BCUT2D eigenvalue weighted by atomic mass is 10.1. The summed E-state index contributed by atoms with van der Waals surface area (Å²) in [6, 6.07) is 17.8. The zero-order chi connectivity index (χ0) is 25.5. The summed E-state index contributed by atoms with van der Waals surface area (Å²) in [4.78, 5) is 12.8. The largest absolute Gasteiger partial charge is 0.490 e. The molecule has 3 aromatic rings. The quantitative estimate of drug-likeness (QED) is 0.176. The topological polar surface area (TPSA) is 71.3 Å². The fraction of sp³-hybridized carbons (Fsp3) is 0.241. The zero-order valence-electron chi connectivity index (χ0n) is 20.7. The third-order valence-electron chi connectivity index (χ3n) is 5.31. The number of hydrogen-bond acceptors (Lipinski definition) is 4. The van der Waals surface area contributed by atoms with Crippen molar-refractivity contribution < 1.29 is 14.3 Å². The summed E-state index contributed by atoms with van der Waals surface area (Å²) in [7, 11) is 0. The summed E-state index contributed by atoms with van der Waals surface area (Å²) in [6.45, 7) is 10.8. The minimum Gasteiger partial charge on any atom is -0.490 e. The van der Waals surface area contributed by atoms with Crippen LogP contribution in [0.4, 0.5) is 5.69 Å². The Morgan fingerprint density at radius 2 is 1.71 bits per heavy atom. The molecule has 0 heterocycles. The van der Waals surface area contributed by atoms with Crippen LogP contribution in [0.25, 0.3) is 6.08 Å². The number of nitrogens with zero attached hydrogens (tertiary/aromatic N) is 1. The third-order valence-corrected chi connectivity index (χ3v) is 6.11. The molecule has 0 spiro atoms. The second-order valence-corrected chi connectivity index (χ2v) is 9.65. The summed E-state index contributed by atoms with van der Waals surface area (Å²) < 4.78 is 12.8.